The number of rotatable bonds is 2. The van der Waals surface area contributed by atoms with Crippen molar-refractivity contribution < 1.29 is 18.0 Å². The molecule has 10 heteroatoms. The van der Waals surface area contributed by atoms with E-state index in [2.05, 4.69) is 31.9 Å². The van der Waals surface area contributed by atoms with E-state index < -0.39 is 11.9 Å². The lowest BCUT2D eigenvalue weighted by Gasteiger charge is -2.32. The average molecular weight is 485 g/mol. The third-order valence-electron chi connectivity index (χ3n) is 4.56. The van der Waals surface area contributed by atoms with Gasteiger partial charge in [-0.2, -0.15) is 0 Å². The Hall–Kier alpha value is -2.07. The van der Waals surface area contributed by atoms with Crippen LogP contribution in [0.25, 0.3) is 5.57 Å². The van der Waals surface area contributed by atoms with E-state index in [-0.39, 0.29) is 14.9 Å². The highest BCUT2D eigenvalue weighted by molar-refractivity contribution is 9.18. The number of nitro groups is 1. The Balaban J connectivity index is 2.08. The summed E-state index contributed by atoms with van der Waals surface area (Å²) in [6.07, 6.45) is 3.14. The second-order valence-electron chi connectivity index (χ2n) is 6.04. The third kappa shape index (κ3) is 2.28. The molecule has 1 aromatic heterocycles. The molecule has 3 heterocycles. The van der Waals surface area contributed by atoms with Crippen molar-refractivity contribution in [3.8, 4) is 0 Å². The fraction of sp³-hybridized carbons (Fsp3) is 0.0625. The van der Waals surface area contributed by atoms with E-state index >= 15 is 8.63 Å². The van der Waals surface area contributed by atoms with Crippen LogP contribution in [0.5, 0.6) is 0 Å². The van der Waals surface area contributed by atoms with Gasteiger partial charge in [0.25, 0.3) is 5.69 Å². The lowest BCUT2D eigenvalue weighted by atomic mass is 9.86. The van der Waals surface area contributed by atoms with Crippen LogP contribution in [-0.2, 0) is 0 Å². The molecule has 0 N–H and O–H groups in total. The molecule has 0 saturated carbocycles. The van der Waals surface area contributed by atoms with Crippen LogP contribution in [-0.4, -0.2) is 25.5 Å². The van der Waals surface area contributed by atoms with Crippen LogP contribution in [0.2, 0.25) is 0 Å². The molecule has 0 amide bonds. The molecule has 26 heavy (non-hydrogen) atoms. The van der Waals surface area contributed by atoms with Crippen molar-refractivity contribution in [2.24, 2.45) is 0 Å². The topological polar surface area (TPSA) is 51.1 Å². The molecule has 0 atom stereocenters. The smallest absolute Gasteiger partial charge is 0.389 e. The minimum atomic E-state index is -4.11. The van der Waals surface area contributed by atoms with Gasteiger partial charge < -0.3 is 17.6 Å². The van der Waals surface area contributed by atoms with E-state index in [1.54, 1.807) is 43.3 Å². The Kier molecular flexibility index (Phi) is 3.82. The van der Waals surface area contributed by atoms with Crippen molar-refractivity contribution in [3.05, 3.63) is 79.7 Å². The van der Waals surface area contributed by atoms with Gasteiger partial charge in [0.05, 0.1) is 15.1 Å². The zero-order valence-electron chi connectivity index (χ0n) is 13.3. The highest BCUT2D eigenvalue weighted by Crippen LogP contribution is 2.42. The number of fused-ring (bicyclic) bond motifs is 2. The normalized spacial score (nSPS) is 17.6. The fourth-order valence-corrected chi connectivity index (χ4v) is 4.53. The summed E-state index contributed by atoms with van der Waals surface area (Å²) in [7, 11) is 0. The van der Waals surface area contributed by atoms with Crippen LogP contribution in [0, 0.1) is 17.0 Å². The number of hydrogen-bond acceptors (Lipinski definition) is 2. The minimum absolute atomic E-state index is 0.0489. The summed E-state index contributed by atoms with van der Waals surface area (Å²) in [5.41, 5.74) is 2.09. The molecule has 0 aliphatic carbocycles. The second kappa shape index (κ2) is 5.72. The molecule has 2 aliphatic rings. The summed E-state index contributed by atoms with van der Waals surface area (Å²) < 4.78 is 32.6. The molecular formula is C16H10BBr2F2N3O2. The number of nitro benzene ring substituents is 1. The van der Waals surface area contributed by atoms with Gasteiger partial charge in [0.1, 0.15) is 0 Å². The fourth-order valence-electron chi connectivity index (χ4n) is 3.39. The molecule has 2 aromatic rings. The van der Waals surface area contributed by atoms with Crippen LogP contribution < -0.4 is 0 Å². The first kappa shape index (κ1) is 17.4. The van der Waals surface area contributed by atoms with Crippen molar-refractivity contribution in [1.29, 1.82) is 0 Å². The maximum Gasteiger partial charge on any atom is 0.738 e. The molecule has 0 unspecified atom stereocenters. The zero-order valence-corrected chi connectivity index (χ0v) is 16.5. The standard InChI is InChI=1S/C16H10BBr2F2N3O2/c1-9-2-3-10(8-13(9)24(25)26)16-11-4-6-14(18)22(11)17(20,21)23-12(16)5-7-15(23)19/h2-8H,1H3. The summed E-state index contributed by atoms with van der Waals surface area (Å²) in [5.74, 6) is 0. The van der Waals surface area contributed by atoms with E-state index in [9.17, 15) is 10.1 Å². The van der Waals surface area contributed by atoms with E-state index in [0.717, 1.165) is 8.96 Å². The highest BCUT2D eigenvalue weighted by atomic mass is 79.9. The molecule has 5 nitrogen and oxygen atoms in total. The Bertz CT molecular complexity index is 1090. The van der Waals surface area contributed by atoms with Crippen LogP contribution in [0.15, 0.2) is 52.8 Å². The van der Waals surface area contributed by atoms with Gasteiger partial charge in [0.15, 0.2) is 5.70 Å². The van der Waals surface area contributed by atoms with Crippen LogP contribution >= 0.6 is 31.9 Å². The average Bonchev–Trinajstić information content (AvgIpc) is 3.13. The molecule has 0 fully saturated rings. The quantitative estimate of drug-likeness (QED) is 0.348. The van der Waals surface area contributed by atoms with E-state index in [4.69, 9.17) is 0 Å². The van der Waals surface area contributed by atoms with Crippen LogP contribution in [0.4, 0.5) is 14.3 Å². The SMILES string of the molecule is Cc1ccc(C2=C3C=CC(Br)=[N+]3[B-](F)(F)n3c(Br)ccc32)cc1[N+](=O)[O-]. The molecular weight excluding hydrogens is 475 g/mol. The van der Waals surface area contributed by atoms with Gasteiger partial charge in [-0.05, 0) is 40.5 Å². The highest BCUT2D eigenvalue weighted by Gasteiger charge is 2.54. The number of aryl methyl sites for hydroxylation is 1. The number of aromatic nitrogens is 1. The summed E-state index contributed by atoms with van der Waals surface area (Å²) in [6, 6.07) is 7.91. The number of nitrogens with zero attached hydrogens (tertiary/aromatic N) is 3. The van der Waals surface area contributed by atoms with Gasteiger partial charge in [-0.25, -0.2) is 0 Å². The molecule has 4 rings (SSSR count). The van der Waals surface area contributed by atoms with Gasteiger partial charge in [-0.15, -0.1) is 0 Å². The summed E-state index contributed by atoms with van der Waals surface area (Å²) >= 11 is 6.38. The first-order valence-electron chi connectivity index (χ1n) is 7.62. The van der Waals surface area contributed by atoms with Gasteiger partial charge in [-0.1, -0.05) is 12.1 Å². The number of benzene rings is 1. The van der Waals surface area contributed by atoms with E-state index in [1.165, 1.54) is 6.07 Å². The largest absolute Gasteiger partial charge is 0.738 e. The summed E-state index contributed by atoms with van der Waals surface area (Å²) in [5, 5.41) is 11.3. The van der Waals surface area contributed by atoms with Crippen molar-refractivity contribution in [2.45, 2.75) is 6.92 Å². The van der Waals surface area contributed by atoms with Crippen molar-refractivity contribution >= 4 is 54.7 Å². The lowest BCUT2D eigenvalue weighted by Crippen LogP contribution is -2.50. The molecule has 1 aromatic carbocycles. The lowest BCUT2D eigenvalue weighted by molar-refractivity contribution is -0.385. The van der Waals surface area contributed by atoms with Crippen molar-refractivity contribution in [1.82, 2.24) is 4.48 Å². The summed E-state index contributed by atoms with van der Waals surface area (Å²) in [6.45, 7) is -2.47. The number of halogens is 4. The van der Waals surface area contributed by atoms with Crippen molar-refractivity contribution in [3.63, 3.8) is 0 Å². The summed E-state index contributed by atoms with van der Waals surface area (Å²) in [4.78, 5) is 10.8. The predicted octanol–water partition coefficient (Wildman–Crippen LogP) is 4.84. The molecule has 0 radical (unpaired) electrons. The van der Waals surface area contributed by atoms with Gasteiger partial charge in [0.2, 0.25) is 4.62 Å². The predicted molar refractivity (Wildman–Crippen MR) is 103 cm³/mol. The molecule has 0 spiro atoms. The molecule has 0 saturated heterocycles. The Labute approximate surface area is 163 Å². The Morgan fingerprint density at radius 3 is 2.62 bits per heavy atom. The van der Waals surface area contributed by atoms with Crippen LogP contribution in [0.1, 0.15) is 16.8 Å². The maximum absolute atomic E-state index is 15.1. The number of allylic oxidation sites excluding steroid dienone is 2. The second-order valence-corrected chi connectivity index (χ2v) is 7.67. The third-order valence-corrected chi connectivity index (χ3v) is 5.86. The van der Waals surface area contributed by atoms with E-state index in [0.29, 0.717) is 28.1 Å². The Morgan fingerprint density at radius 2 is 1.92 bits per heavy atom. The van der Waals surface area contributed by atoms with E-state index in [1.807, 2.05) is 0 Å². The van der Waals surface area contributed by atoms with Crippen molar-refractivity contribution in [2.75, 3.05) is 0 Å². The molecule has 0 bridgehead atoms. The number of hydrogen-bond donors (Lipinski definition) is 0. The zero-order chi connectivity index (χ0) is 18.8. The van der Waals surface area contributed by atoms with Gasteiger partial charge in [0, 0.05) is 45.4 Å². The molecule has 132 valence electrons. The van der Waals surface area contributed by atoms with Gasteiger partial charge in [-0.3, -0.25) is 10.1 Å². The maximum atomic E-state index is 15.1. The van der Waals surface area contributed by atoms with Crippen LogP contribution in [0.3, 0.4) is 0 Å². The monoisotopic (exact) mass is 483 g/mol. The van der Waals surface area contributed by atoms with Gasteiger partial charge >= 0.3 is 6.97 Å². The first-order valence-corrected chi connectivity index (χ1v) is 9.21. The Morgan fingerprint density at radius 1 is 1.19 bits per heavy atom. The molecule has 2 aliphatic heterocycles. The first-order chi connectivity index (χ1) is 12.2. The minimum Gasteiger partial charge on any atom is -0.389 e.